The van der Waals surface area contributed by atoms with E-state index in [0.29, 0.717) is 88.1 Å². The fourth-order valence-electron chi connectivity index (χ4n) is 6.78. The number of aromatic carboxylic acids is 1. The molecule has 12 nitrogen and oxygen atoms in total. The number of aliphatic hydroxyl groups excluding tert-OH is 1. The molecule has 1 radical (unpaired) electrons. The zero-order chi connectivity index (χ0) is 40.3. The van der Waals surface area contributed by atoms with Crippen LogP contribution in [0.25, 0.3) is 11.1 Å². The monoisotopic (exact) mass is 1140 g/mol. The van der Waals surface area contributed by atoms with Gasteiger partial charge in [-0.2, -0.15) is 6.07 Å². The third-order valence-electron chi connectivity index (χ3n) is 9.26. The van der Waals surface area contributed by atoms with Crippen molar-refractivity contribution >= 4 is 12.3 Å². The molecule has 1 aliphatic carbocycles. The number of methoxy groups -OCH3 is 1. The fourth-order valence-corrected chi connectivity index (χ4v) is 6.78. The number of hydrogen-bond acceptors (Lipinski definition) is 12. The first-order chi connectivity index (χ1) is 27.3. The third-order valence-corrected chi connectivity index (χ3v) is 9.26. The van der Waals surface area contributed by atoms with E-state index in [4.69, 9.17) is 41.8 Å². The summed E-state index contributed by atoms with van der Waals surface area (Å²) in [6, 6.07) is 23.4. The van der Waals surface area contributed by atoms with Gasteiger partial charge in [-0.3, -0.25) is 0 Å². The minimum absolute atomic E-state index is 0. The maximum absolute atomic E-state index is 12.7. The second kappa shape index (κ2) is 25.2. The van der Waals surface area contributed by atoms with Gasteiger partial charge in [0.2, 0.25) is 0 Å². The van der Waals surface area contributed by atoms with Gasteiger partial charge in [-0.25, -0.2) is 0 Å². The molecular formula is C43H48O12Os2-. The molecule has 0 unspecified atom stereocenters. The number of carboxylic acid groups (broad SMARTS) is 1. The van der Waals surface area contributed by atoms with Gasteiger partial charge in [-0.1, -0.05) is 65.2 Å². The van der Waals surface area contributed by atoms with E-state index in [1.54, 1.807) is 19.2 Å². The van der Waals surface area contributed by atoms with Crippen molar-refractivity contribution in [3.63, 3.8) is 0 Å². The van der Waals surface area contributed by atoms with E-state index in [1.165, 1.54) is 0 Å². The molecule has 0 bridgehead atoms. The quantitative estimate of drug-likeness (QED) is 0.0702. The molecule has 0 saturated carbocycles. The molecule has 0 spiro atoms. The minimum Gasteiger partial charge on any atom is 1.00 e. The summed E-state index contributed by atoms with van der Waals surface area (Å²) in [6.45, 7) is 7.94. The molecule has 0 aliphatic heterocycles. The van der Waals surface area contributed by atoms with Crippen molar-refractivity contribution in [2.45, 2.75) is 25.9 Å². The Morgan fingerprint density at radius 2 is 1.19 bits per heavy atom. The van der Waals surface area contributed by atoms with E-state index in [9.17, 15) is 14.7 Å². The molecule has 0 heterocycles. The maximum atomic E-state index is 12.7. The second-order valence-corrected chi connectivity index (χ2v) is 12.9. The van der Waals surface area contributed by atoms with E-state index in [1.807, 2.05) is 38.1 Å². The van der Waals surface area contributed by atoms with Gasteiger partial charge >= 0.3 is 41.9 Å². The first-order valence-electron chi connectivity index (χ1n) is 18.2. The van der Waals surface area contributed by atoms with Crippen LogP contribution in [-0.2, 0) is 87.1 Å². The number of carbonyl (C=O) groups is 1. The Kier molecular flexibility index (Phi) is 21.2. The number of aliphatic hydroxyl groups is 1. The molecule has 4 aromatic carbocycles. The number of aryl methyl sites for hydroxylation is 2. The average molecular weight is 1140 g/mol. The zero-order valence-electron chi connectivity index (χ0n) is 32.3. The molecule has 309 valence electrons. The van der Waals surface area contributed by atoms with Gasteiger partial charge in [0.15, 0.2) is 0 Å². The Hall–Kier alpha value is -3.39. The summed E-state index contributed by atoms with van der Waals surface area (Å²) in [5, 5.41) is 21.5. The Morgan fingerprint density at radius 1 is 0.684 bits per heavy atom. The van der Waals surface area contributed by atoms with Crippen molar-refractivity contribution in [3.8, 4) is 16.9 Å². The SMILES string of the molecule is COCCOCCOCCOc1ccc(C2(c3ccc(COCCOCCOCCO)c([C-]=O)c3)c3cc(C)ccc3-c3ccc(C)cc32)cc1C(=O)[O-].[O]=[Os].[Os+]. The molecule has 0 fully saturated rings. The number of hydrogen-bond donors (Lipinski definition) is 1. The van der Waals surface area contributed by atoms with Crippen molar-refractivity contribution in [1.82, 2.24) is 0 Å². The van der Waals surface area contributed by atoms with Crippen LogP contribution in [0.3, 0.4) is 0 Å². The molecular weight excluding hydrogens is 1090 g/mol. The van der Waals surface area contributed by atoms with Crippen LogP contribution in [0, 0.1) is 13.8 Å². The number of benzene rings is 4. The normalized spacial score (nSPS) is 12.2. The average Bonchev–Trinajstić information content (AvgIpc) is 3.49. The van der Waals surface area contributed by atoms with Crippen LogP contribution in [0.4, 0.5) is 0 Å². The molecule has 1 aliphatic rings. The Labute approximate surface area is 357 Å². The van der Waals surface area contributed by atoms with E-state index < -0.39 is 11.4 Å². The summed E-state index contributed by atoms with van der Waals surface area (Å²) in [5.74, 6) is -1.21. The summed E-state index contributed by atoms with van der Waals surface area (Å²) < 4.78 is 46.7. The molecule has 0 amide bonds. The maximum Gasteiger partial charge on any atom is 1.00 e. The Morgan fingerprint density at radius 3 is 1.74 bits per heavy atom. The van der Waals surface area contributed by atoms with E-state index in [2.05, 4.69) is 42.7 Å². The number of carboxylic acids is 1. The predicted molar refractivity (Wildman–Crippen MR) is 200 cm³/mol. The number of ether oxygens (including phenoxy) is 7. The van der Waals surface area contributed by atoms with Crippen LogP contribution in [0.2, 0.25) is 0 Å². The largest absolute Gasteiger partial charge is 1.00 e. The van der Waals surface area contributed by atoms with Crippen molar-refractivity contribution in [3.05, 3.63) is 123 Å². The summed E-state index contributed by atoms with van der Waals surface area (Å²) >= 11 is 0.611. The Balaban J connectivity index is 0.00000285. The van der Waals surface area contributed by atoms with Crippen LogP contribution >= 0.6 is 0 Å². The van der Waals surface area contributed by atoms with Gasteiger partial charge in [-0.15, -0.1) is 17.2 Å². The van der Waals surface area contributed by atoms with Crippen LogP contribution in [0.5, 0.6) is 5.75 Å². The zero-order valence-corrected chi connectivity index (χ0v) is 37.3. The summed E-state index contributed by atoms with van der Waals surface area (Å²) in [7, 11) is 1.61. The molecule has 14 heteroatoms. The molecule has 5 rings (SSSR count). The molecule has 1 N–H and O–H groups in total. The second-order valence-electron chi connectivity index (χ2n) is 12.9. The number of fused-ring (bicyclic) bond motifs is 3. The van der Waals surface area contributed by atoms with Crippen LogP contribution in [0.15, 0.2) is 72.8 Å². The van der Waals surface area contributed by atoms with E-state index in [-0.39, 0.29) is 64.1 Å². The van der Waals surface area contributed by atoms with E-state index in [0.717, 1.165) is 38.9 Å². The van der Waals surface area contributed by atoms with Crippen LogP contribution in [0.1, 0.15) is 54.9 Å². The van der Waals surface area contributed by atoms with Crippen molar-refractivity contribution < 1.29 is 94.8 Å². The van der Waals surface area contributed by atoms with Crippen LogP contribution in [-0.4, -0.2) is 104 Å². The van der Waals surface area contributed by atoms with Crippen molar-refractivity contribution in [2.75, 3.05) is 86.4 Å². The third kappa shape index (κ3) is 12.3. The minimum atomic E-state index is -1.38. The van der Waals surface area contributed by atoms with Gasteiger partial charge in [0.05, 0.1) is 90.3 Å². The fraction of sp³-hybridized carbons (Fsp3) is 0.395. The van der Waals surface area contributed by atoms with Crippen LogP contribution < -0.4 is 9.84 Å². The standard InChI is InChI=1S/C43H49O11.O.2Os/c1-30-4-9-36-37-10-5-31(2)25-40(37)43(39(36)24-30,34-7-6-32(33(26-34)28-45)29-53-21-20-51-17-16-49-13-12-44)35-8-11-41(38(27-35)42(46)47)54-23-22-52-19-18-50-15-14-48-3;;;/h4-11,24-27,44H,12-23,29H2,1-3H3,(H,46,47);;;/q-1;;;+1/p-1. The molecule has 0 saturated heterocycles. The van der Waals surface area contributed by atoms with E-state index >= 15 is 0 Å². The number of rotatable bonds is 24. The first kappa shape index (κ1) is 48.0. The molecule has 57 heavy (non-hydrogen) atoms. The smallest absolute Gasteiger partial charge is 1.00 e. The van der Waals surface area contributed by atoms with Crippen molar-refractivity contribution in [1.29, 1.82) is 0 Å². The van der Waals surface area contributed by atoms with Gasteiger partial charge in [0.25, 0.3) is 0 Å². The summed E-state index contributed by atoms with van der Waals surface area (Å²) in [6.07, 6.45) is 2.12. The molecule has 4 aromatic rings. The van der Waals surface area contributed by atoms with Crippen molar-refractivity contribution in [2.24, 2.45) is 0 Å². The topological polar surface area (TPSA) is 159 Å². The molecule has 0 atom stereocenters. The van der Waals surface area contributed by atoms with Gasteiger partial charge < -0.3 is 53.0 Å². The summed E-state index contributed by atoms with van der Waals surface area (Å²) in [5.41, 5.74) is 7.35. The first-order valence-corrected chi connectivity index (χ1v) is 19.2. The number of carbonyl (C=O) groups excluding carboxylic acids is 2. The Bertz CT molecular complexity index is 1830. The van der Waals surface area contributed by atoms with Gasteiger partial charge in [0.1, 0.15) is 12.4 Å². The van der Waals surface area contributed by atoms with Gasteiger partial charge in [-0.05, 0) is 53.8 Å². The predicted octanol–water partition coefficient (Wildman–Crippen LogP) is 3.96. The molecule has 0 aromatic heterocycles. The summed E-state index contributed by atoms with van der Waals surface area (Å²) in [4.78, 5) is 25.3. The van der Waals surface area contributed by atoms with Gasteiger partial charge in [0, 0.05) is 19.3 Å².